The van der Waals surface area contributed by atoms with Gasteiger partial charge in [0, 0.05) is 43.9 Å². The fraction of sp³-hybridized carbons (Fsp3) is 0.606. The van der Waals surface area contributed by atoms with E-state index in [0.717, 1.165) is 76.1 Å². The van der Waals surface area contributed by atoms with Crippen molar-refractivity contribution in [1.82, 2.24) is 30.3 Å². The number of aromatic nitrogens is 3. The maximum absolute atomic E-state index is 13.9. The van der Waals surface area contributed by atoms with Crippen molar-refractivity contribution in [3.63, 3.8) is 0 Å². The second-order valence-electron chi connectivity index (χ2n) is 12.7. The van der Waals surface area contributed by atoms with E-state index < -0.39 is 11.9 Å². The van der Waals surface area contributed by atoms with Crippen molar-refractivity contribution in [1.29, 1.82) is 5.26 Å². The molecule has 3 heterocycles. The Kier molecular flexibility index (Phi) is 9.45. The van der Waals surface area contributed by atoms with E-state index in [1.54, 1.807) is 0 Å². The van der Waals surface area contributed by atoms with Gasteiger partial charge in [0.05, 0.1) is 24.2 Å². The van der Waals surface area contributed by atoms with E-state index in [2.05, 4.69) is 38.5 Å². The molecule has 0 radical (unpaired) electrons. The van der Waals surface area contributed by atoms with Gasteiger partial charge in [0.25, 0.3) is 5.91 Å². The minimum absolute atomic E-state index is 0.0641. The third-order valence-corrected chi connectivity index (χ3v) is 9.56. The first-order valence-electron chi connectivity index (χ1n) is 16.4. The first kappa shape index (κ1) is 30.1. The molecule has 0 unspecified atom stereocenters. The molecule has 1 atom stereocenters. The molecule has 44 heavy (non-hydrogen) atoms. The molecule has 0 bridgehead atoms. The summed E-state index contributed by atoms with van der Waals surface area (Å²) in [6.07, 6.45) is 11.3. The summed E-state index contributed by atoms with van der Waals surface area (Å²) in [7, 11) is 2.13. The quantitative estimate of drug-likeness (QED) is 0.347. The van der Waals surface area contributed by atoms with Crippen LogP contribution in [-0.4, -0.2) is 77.3 Å². The smallest absolute Gasteiger partial charge is 0.270 e. The highest BCUT2D eigenvalue weighted by Crippen LogP contribution is 2.35. The summed E-state index contributed by atoms with van der Waals surface area (Å²) >= 11 is 0. The summed E-state index contributed by atoms with van der Waals surface area (Å²) in [5.74, 6) is -0.0609. The summed E-state index contributed by atoms with van der Waals surface area (Å²) < 4.78 is 8.07. The van der Waals surface area contributed by atoms with Crippen LogP contribution in [0.2, 0.25) is 0 Å². The third-order valence-electron chi connectivity index (χ3n) is 9.56. The number of rotatable bonds is 9. The van der Waals surface area contributed by atoms with Gasteiger partial charge in [-0.15, -0.1) is 0 Å². The van der Waals surface area contributed by atoms with E-state index in [1.165, 1.54) is 25.7 Å². The van der Waals surface area contributed by atoms with E-state index >= 15 is 0 Å². The minimum Gasteiger partial charge on any atom is -0.441 e. The molecule has 0 spiro atoms. The van der Waals surface area contributed by atoms with Gasteiger partial charge in [-0.3, -0.25) is 14.3 Å². The van der Waals surface area contributed by atoms with Crippen LogP contribution < -0.4 is 15.5 Å². The Hall–Kier alpha value is -3.91. The summed E-state index contributed by atoms with van der Waals surface area (Å²) in [6, 6.07) is 9.10. The van der Waals surface area contributed by atoms with Gasteiger partial charge in [0.1, 0.15) is 23.8 Å². The van der Waals surface area contributed by atoms with Crippen molar-refractivity contribution in [3.8, 4) is 6.07 Å². The number of likely N-dealkylation sites (N-methyl/N-ethyl adjacent to an activating group) is 1. The van der Waals surface area contributed by atoms with Crippen molar-refractivity contribution < 1.29 is 14.0 Å². The Morgan fingerprint density at radius 1 is 1.02 bits per heavy atom. The molecule has 6 rings (SSSR count). The maximum atomic E-state index is 13.9. The fourth-order valence-electron chi connectivity index (χ4n) is 6.96. The Balaban J connectivity index is 1.23. The van der Waals surface area contributed by atoms with Gasteiger partial charge >= 0.3 is 0 Å². The zero-order chi connectivity index (χ0) is 30.5. The molecule has 3 aromatic rings. The van der Waals surface area contributed by atoms with Gasteiger partial charge in [-0.2, -0.15) is 10.4 Å². The average Bonchev–Trinajstić information content (AvgIpc) is 3.69. The maximum Gasteiger partial charge on any atom is 0.270 e. The second-order valence-corrected chi connectivity index (χ2v) is 12.7. The molecule has 1 aromatic carbocycles. The molecule has 2 saturated carbocycles. The standard InChI is InChI=1S/C33H44N8O3/c1-39-16-18-40(19-17-39)25-12-13-26-30(20-25)44-31(36-26)22-28(32(42)35-15-14-34)37-33(43)29-21-27(23-8-4-2-5-9-23)38-41(29)24-10-6-3-7-11-24/h12-13,20-21,23-24,28H,2-11,15-19,22H2,1H3,(H,35,42)(H,37,43)/t28-/m0/s1. The van der Waals surface area contributed by atoms with Gasteiger partial charge in [-0.05, 0) is 50.9 Å². The molecule has 2 aromatic heterocycles. The normalized spacial score (nSPS) is 19.5. The number of fused-ring (bicyclic) bond motifs is 1. The van der Waals surface area contributed by atoms with Crippen LogP contribution >= 0.6 is 0 Å². The lowest BCUT2D eigenvalue weighted by Crippen LogP contribution is -2.48. The monoisotopic (exact) mass is 600 g/mol. The number of benzene rings is 1. The number of hydrogen-bond donors (Lipinski definition) is 2. The lowest BCUT2D eigenvalue weighted by atomic mass is 9.87. The number of piperazine rings is 1. The molecular weight excluding hydrogens is 556 g/mol. The van der Waals surface area contributed by atoms with Crippen LogP contribution in [0, 0.1) is 11.3 Å². The molecular formula is C33H44N8O3. The molecule has 11 nitrogen and oxygen atoms in total. The SMILES string of the molecule is CN1CCN(c2ccc3nc(C[C@H](NC(=O)c4cc(C5CCCCC5)nn4C4CCCCC4)C(=O)NCC#N)oc3c2)CC1. The van der Waals surface area contributed by atoms with Crippen molar-refractivity contribution in [2.75, 3.05) is 44.7 Å². The predicted octanol–water partition coefficient (Wildman–Crippen LogP) is 4.31. The highest BCUT2D eigenvalue weighted by Gasteiger charge is 2.30. The molecule has 1 aliphatic heterocycles. The average molecular weight is 601 g/mol. The highest BCUT2D eigenvalue weighted by atomic mass is 16.3. The van der Waals surface area contributed by atoms with Gasteiger partial charge in [-0.1, -0.05) is 38.5 Å². The molecule has 11 heteroatoms. The number of nitriles is 1. The van der Waals surface area contributed by atoms with Gasteiger partial charge < -0.3 is 24.9 Å². The largest absolute Gasteiger partial charge is 0.441 e. The van der Waals surface area contributed by atoms with Gasteiger partial charge in [0.2, 0.25) is 5.91 Å². The zero-order valence-electron chi connectivity index (χ0n) is 25.8. The van der Waals surface area contributed by atoms with E-state index in [0.29, 0.717) is 28.6 Å². The Morgan fingerprint density at radius 2 is 1.75 bits per heavy atom. The molecule has 3 fully saturated rings. The number of carbonyl (C=O) groups is 2. The molecule has 1 saturated heterocycles. The lowest BCUT2D eigenvalue weighted by Gasteiger charge is -2.33. The number of amides is 2. The summed E-state index contributed by atoms with van der Waals surface area (Å²) in [5.41, 5.74) is 3.92. The number of nitrogens with zero attached hydrogens (tertiary/aromatic N) is 6. The van der Waals surface area contributed by atoms with Crippen LogP contribution in [0.4, 0.5) is 5.69 Å². The van der Waals surface area contributed by atoms with E-state index in [4.69, 9.17) is 14.8 Å². The Bertz CT molecular complexity index is 1490. The number of hydrogen-bond acceptors (Lipinski definition) is 8. The van der Waals surface area contributed by atoms with E-state index in [-0.39, 0.29) is 24.9 Å². The first-order chi connectivity index (χ1) is 21.5. The van der Waals surface area contributed by atoms with Crippen LogP contribution in [0.5, 0.6) is 0 Å². The minimum atomic E-state index is -0.964. The molecule has 3 aliphatic rings. The zero-order valence-corrected chi connectivity index (χ0v) is 25.8. The van der Waals surface area contributed by atoms with Crippen molar-refractivity contribution in [3.05, 3.63) is 41.5 Å². The number of carbonyl (C=O) groups excluding carboxylic acids is 2. The topological polar surface area (TPSA) is 132 Å². The predicted molar refractivity (Wildman–Crippen MR) is 167 cm³/mol. The highest BCUT2D eigenvalue weighted by molar-refractivity contribution is 5.96. The van der Waals surface area contributed by atoms with Gasteiger partial charge in [0.15, 0.2) is 11.5 Å². The van der Waals surface area contributed by atoms with Crippen LogP contribution in [0.3, 0.4) is 0 Å². The summed E-state index contributed by atoms with van der Waals surface area (Å²) in [5, 5.41) is 19.7. The first-order valence-corrected chi connectivity index (χ1v) is 16.4. The lowest BCUT2D eigenvalue weighted by molar-refractivity contribution is -0.122. The summed E-state index contributed by atoms with van der Waals surface area (Å²) in [6.45, 7) is 3.73. The Morgan fingerprint density at radius 3 is 2.48 bits per heavy atom. The second kappa shape index (κ2) is 13.8. The molecule has 2 amide bonds. The van der Waals surface area contributed by atoms with Crippen LogP contribution in [0.1, 0.15) is 98.2 Å². The number of oxazole rings is 1. The van der Waals surface area contributed by atoms with Crippen molar-refractivity contribution in [2.45, 2.75) is 88.6 Å². The number of anilines is 1. The van der Waals surface area contributed by atoms with Crippen molar-refractivity contribution >= 4 is 28.6 Å². The molecule has 234 valence electrons. The van der Waals surface area contributed by atoms with Crippen LogP contribution in [0.25, 0.3) is 11.1 Å². The van der Waals surface area contributed by atoms with Crippen LogP contribution in [-0.2, 0) is 11.2 Å². The third kappa shape index (κ3) is 6.91. The van der Waals surface area contributed by atoms with E-state index in [1.807, 2.05) is 29.0 Å². The molecule has 2 aliphatic carbocycles. The van der Waals surface area contributed by atoms with E-state index in [9.17, 15) is 9.59 Å². The fourth-order valence-corrected chi connectivity index (χ4v) is 6.96. The number of nitrogens with one attached hydrogen (secondary N) is 2. The van der Waals surface area contributed by atoms with Crippen LogP contribution in [0.15, 0.2) is 28.7 Å². The summed E-state index contributed by atoms with van der Waals surface area (Å²) in [4.78, 5) is 36.4. The Labute approximate surface area is 259 Å². The van der Waals surface area contributed by atoms with Gasteiger partial charge in [-0.25, -0.2) is 4.98 Å². The van der Waals surface area contributed by atoms with Crippen molar-refractivity contribution in [2.24, 2.45) is 0 Å². The molecule has 2 N–H and O–H groups in total.